The van der Waals surface area contributed by atoms with Crippen molar-refractivity contribution in [2.24, 2.45) is 0 Å². The smallest absolute Gasteiger partial charge is 0.0721 e. The summed E-state index contributed by atoms with van der Waals surface area (Å²) in [6.07, 6.45) is 0.765. The summed E-state index contributed by atoms with van der Waals surface area (Å²) < 4.78 is 0. The van der Waals surface area contributed by atoms with E-state index >= 15 is 0 Å². The van der Waals surface area contributed by atoms with Crippen LogP contribution in [0.2, 0.25) is 0 Å². The van der Waals surface area contributed by atoms with Crippen molar-refractivity contribution in [1.82, 2.24) is 0 Å². The average Bonchev–Trinajstić information content (AvgIpc) is 1.84. The normalized spacial score (nSPS) is 17.0. The predicted octanol–water partition coefficient (Wildman–Crippen LogP) is 2.11. The van der Waals surface area contributed by atoms with E-state index < -0.39 is 0 Å². The van der Waals surface area contributed by atoms with Crippen molar-refractivity contribution in [3.63, 3.8) is 0 Å². The van der Waals surface area contributed by atoms with Gasteiger partial charge in [0.05, 0.1) is 6.10 Å². The van der Waals surface area contributed by atoms with Gasteiger partial charge in [-0.05, 0) is 32.8 Å². The van der Waals surface area contributed by atoms with E-state index in [1.165, 1.54) is 5.57 Å². The Morgan fingerprint density at radius 1 is 1.44 bits per heavy atom. The highest BCUT2D eigenvalue weighted by Crippen LogP contribution is 2.10. The Morgan fingerprint density at radius 3 is 2.00 bits per heavy atom. The van der Waals surface area contributed by atoms with Gasteiger partial charge < -0.3 is 5.11 Å². The summed E-state index contributed by atoms with van der Waals surface area (Å²) in [6.45, 7) is 7.93. The van der Waals surface area contributed by atoms with Gasteiger partial charge in [-0.25, -0.2) is 0 Å². The molecular weight excluding hydrogens is 112 g/mol. The summed E-state index contributed by atoms with van der Waals surface area (Å²) in [5.74, 6) is 0. The molecule has 0 aromatic heterocycles. The number of aliphatic hydroxyl groups is 1. The third-order valence-corrected chi connectivity index (χ3v) is 1.83. The highest BCUT2D eigenvalue weighted by molar-refractivity contribution is 5.12. The maximum absolute atomic E-state index is 9.06. The first-order valence-corrected chi connectivity index (χ1v) is 3.43. The van der Waals surface area contributed by atoms with Crippen molar-refractivity contribution < 1.29 is 5.11 Å². The Bertz CT molecular complexity index is 112. The minimum absolute atomic E-state index is 0.273. The maximum Gasteiger partial charge on any atom is 0.0721 e. The second kappa shape index (κ2) is 3.67. The Hall–Kier alpha value is -0.300. The van der Waals surface area contributed by atoms with E-state index in [9.17, 15) is 0 Å². The van der Waals surface area contributed by atoms with Crippen LogP contribution < -0.4 is 0 Å². The van der Waals surface area contributed by atoms with Gasteiger partial charge in [-0.1, -0.05) is 12.5 Å². The van der Waals surface area contributed by atoms with Crippen LogP contribution in [0.4, 0.5) is 0 Å². The highest BCUT2D eigenvalue weighted by atomic mass is 16.3. The third-order valence-electron chi connectivity index (χ3n) is 1.83. The topological polar surface area (TPSA) is 20.2 Å². The van der Waals surface area contributed by atoms with Crippen LogP contribution in [-0.4, -0.2) is 11.2 Å². The Balaban J connectivity index is 4.10. The minimum Gasteiger partial charge on any atom is -0.389 e. The number of hydrogen-bond acceptors (Lipinski definition) is 1. The molecule has 54 valence electrons. The molecule has 0 saturated heterocycles. The molecule has 1 unspecified atom stereocenters. The number of rotatable bonds is 2. The summed E-state index contributed by atoms with van der Waals surface area (Å²) in [7, 11) is 0. The van der Waals surface area contributed by atoms with Crippen molar-refractivity contribution in [1.29, 1.82) is 0 Å². The van der Waals surface area contributed by atoms with Gasteiger partial charge in [0.1, 0.15) is 0 Å². The lowest BCUT2D eigenvalue weighted by molar-refractivity contribution is 0.230. The summed E-state index contributed by atoms with van der Waals surface area (Å²) >= 11 is 0. The molecule has 0 heterocycles. The Morgan fingerprint density at radius 2 is 1.89 bits per heavy atom. The molecule has 0 aliphatic heterocycles. The average molecular weight is 128 g/mol. The second-order valence-electron chi connectivity index (χ2n) is 2.49. The molecule has 0 bridgehead atoms. The first-order valence-electron chi connectivity index (χ1n) is 3.43. The number of hydrogen-bond donors (Lipinski definition) is 1. The first-order chi connectivity index (χ1) is 4.09. The van der Waals surface area contributed by atoms with Crippen molar-refractivity contribution in [3.05, 3.63) is 11.1 Å². The van der Waals surface area contributed by atoms with Crippen molar-refractivity contribution in [2.45, 2.75) is 40.2 Å². The third kappa shape index (κ3) is 2.66. The largest absolute Gasteiger partial charge is 0.389 e. The molecule has 1 atom stereocenters. The van der Waals surface area contributed by atoms with Crippen molar-refractivity contribution in [2.75, 3.05) is 0 Å². The van der Waals surface area contributed by atoms with E-state index in [1.54, 1.807) is 6.92 Å². The number of aliphatic hydroxyl groups excluding tert-OH is 1. The monoisotopic (exact) mass is 128 g/mol. The summed E-state index contributed by atoms with van der Waals surface area (Å²) in [6, 6.07) is 0. The lowest BCUT2D eigenvalue weighted by Crippen LogP contribution is -2.02. The second-order valence-corrected chi connectivity index (χ2v) is 2.49. The van der Waals surface area contributed by atoms with Crippen LogP contribution in [0.25, 0.3) is 0 Å². The van der Waals surface area contributed by atoms with E-state index in [0.29, 0.717) is 0 Å². The molecule has 0 amide bonds. The molecule has 0 rings (SSSR count). The zero-order chi connectivity index (χ0) is 7.44. The predicted molar refractivity (Wildman–Crippen MR) is 40.3 cm³/mol. The van der Waals surface area contributed by atoms with E-state index in [0.717, 1.165) is 12.0 Å². The molecule has 0 aliphatic rings. The van der Waals surface area contributed by atoms with Crippen LogP contribution in [0.1, 0.15) is 34.1 Å². The fourth-order valence-corrected chi connectivity index (χ4v) is 0.635. The lowest BCUT2D eigenvalue weighted by Gasteiger charge is -2.07. The molecule has 0 radical (unpaired) electrons. The van der Waals surface area contributed by atoms with Crippen LogP contribution >= 0.6 is 0 Å². The fourth-order valence-electron chi connectivity index (χ4n) is 0.635. The Labute approximate surface area is 57.4 Å². The van der Waals surface area contributed by atoms with Gasteiger partial charge in [0.25, 0.3) is 0 Å². The van der Waals surface area contributed by atoms with Gasteiger partial charge in [0, 0.05) is 0 Å². The quantitative estimate of drug-likeness (QED) is 0.565. The van der Waals surface area contributed by atoms with Gasteiger partial charge in [-0.2, -0.15) is 0 Å². The van der Waals surface area contributed by atoms with Gasteiger partial charge in [0.2, 0.25) is 0 Å². The van der Waals surface area contributed by atoms with Crippen LogP contribution in [-0.2, 0) is 0 Å². The SMILES string of the molecule is CCC(C)=C(C)C(C)O. The van der Waals surface area contributed by atoms with E-state index in [-0.39, 0.29) is 6.10 Å². The van der Waals surface area contributed by atoms with Crippen molar-refractivity contribution >= 4 is 0 Å². The molecule has 1 nitrogen and oxygen atoms in total. The molecule has 0 aromatic rings. The van der Waals surface area contributed by atoms with Gasteiger partial charge in [-0.15, -0.1) is 0 Å². The van der Waals surface area contributed by atoms with Crippen LogP contribution in [0.5, 0.6) is 0 Å². The first kappa shape index (κ1) is 8.70. The van der Waals surface area contributed by atoms with Gasteiger partial charge in [0.15, 0.2) is 0 Å². The minimum atomic E-state index is -0.273. The zero-order valence-electron chi connectivity index (χ0n) is 6.73. The summed E-state index contributed by atoms with van der Waals surface area (Å²) in [5.41, 5.74) is 2.41. The van der Waals surface area contributed by atoms with Gasteiger partial charge >= 0.3 is 0 Å². The van der Waals surface area contributed by atoms with E-state index in [2.05, 4.69) is 13.8 Å². The van der Waals surface area contributed by atoms with E-state index in [1.807, 2.05) is 6.92 Å². The van der Waals surface area contributed by atoms with Crippen molar-refractivity contribution in [3.8, 4) is 0 Å². The van der Waals surface area contributed by atoms with E-state index in [4.69, 9.17) is 5.11 Å². The Kier molecular flexibility index (Phi) is 3.55. The molecule has 0 aliphatic carbocycles. The molecular formula is C8H16O. The van der Waals surface area contributed by atoms with Gasteiger partial charge in [-0.3, -0.25) is 0 Å². The fraction of sp³-hybridized carbons (Fsp3) is 0.750. The summed E-state index contributed by atoms with van der Waals surface area (Å²) in [4.78, 5) is 0. The lowest BCUT2D eigenvalue weighted by atomic mass is 10.1. The molecule has 0 fully saturated rings. The van der Waals surface area contributed by atoms with Crippen LogP contribution in [0.3, 0.4) is 0 Å². The maximum atomic E-state index is 9.06. The zero-order valence-corrected chi connectivity index (χ0v) is 6.73. The molecule has 1 N–H and O–H groups in total. The molecule has 0 aromatic carbocycles. The van der Waals surface area contributed by atoms with Crippen LogP contribution in [0, 0.1) is 0 Å². The molecule has 0 spiro atoms. The summed E-state index contributed by atoms with van der Waals surface area (Å²) in [5, 5.41) is 9.06. The molecule has 1 heteroatoms. The highest BCUT2D eigenvalue weighted by Gasteiger charge is 1.99. The number of allylic oxidation sites excluding steroid dienone is 1. The standard InChI is InChI=1S/C8H16O/c1-5-6(2)7(3)8(4)9/h8-9H,5H2,1-4H3. The molecule has 0 saturated carbocycles. The molecule has 9 heavy (non-hydrogen) atoms. The van der Waals surface area contributed by atoms with Crippen LogP contribution in [0.15, 0.2) is 11.1 Å².